The molecule has 34 heavy (non-hydrogen) atoms. The van der Waals surface area contributed by atoms with Crippen molar-refractivity contribution in [2.75, 3.05) is 11.1 Å². The second-order valence-corrected chi connectivity index (χ2v) is 11.0. The number of halogens is 2. The van der Waals surface area contributed by atoms with Crippen LogP contribution in [0.25, 0.3) is 10.9 Å². The van der Waals surface area contributed by atoms with Crippen molar-refractivity contribution >= 4 is 54.1 Å². The van der Waals surface area contributed by atoms with Crippen molar-refractivity contribution in [2.24, 2.45) is 10.7 Å². The van der Waals surface area contributed by atoms with Crippen molar-refractivity contribution in [1.29, 1.82) is 0 Å². The molecule has 182 valence electrons. The fourth-order valence-electron chi connectivity index (χ4n) is 3.05. The Morgan fingerprint density at radius 3 is 2.47 bits per heavy atom. The average molecular weight is 551 g/mol. The minimum Gasteiger partial charge on any atom is -0.386 e. The van der Waals surface area contributed by atoms with Crippen molar-refractivity contribution < 1.29 is 12.8 Å². The molecule has 3 aromatic rings. The summed E-state index contributed by atoms with van der Waals surface area (Å²) in [5.41, 5.74) is 6.47. The summed E-state index contributed by atoms with van der Waals surface area (Å²) in [6, 6.07) is 4.19. The Morgan fingerprint density at radius 1 is 1.12 bits per heavy atom. The number of anilines is 2. The van der Waals surface area contributed by atoms with Crippen LogP contribution in [0.2, 0.25) is 0 Å². The SMILES string of the molecule is C1CC1.CC.CC1C(N)=NC(c2cc(Nc3nccc4cc(Br)cnc34)ncc2F)CS1(=O)=O. The minimum atomic E-state index is -3.52. The van der Waals surface area contributed by atoms with Gasteiger partial charge in [0.15, 0.2) is 15.7 Å². The molecule has 0 saturated heterocycles. The lowest BCUT2D eigenvalue weighted by Gasteiger charge is -2.24. The minimum absolute atomic E-state index is 0.0301. The van der Waals surface area contributed by atoms with Crippen molar-refractivity contribution in [1.82, 2.24) is 15.0 Å². The standard InChI is InChI=1S/C18H16BrFN6O2S.C3H6.C2H6/c1-9-17(21)25-14(8-29(9,27)28)12-5-15(23-7-13(12)20)26-18-16-10(2-3-22-18)4-11(19)6-24-16;1-2-3-1;1-2/h2-7,9,14H,8H2,1H3,(H2,21,25)(H,22,23,26);1-3H2;1-2H3. The molecule has 0 aromatic carbocycles. The van der Waals surface area contributed by atoms with Crippen LogP contribution >= 0.6 is 15.9 Å². The van der Waals surface area contributed by atoms with Gasteiger partial charge < -0.3 is 11.1 Å². The van der Waals surface area contributed by atoms with Gasteiger partial charge >= 0.3 is 0 Å². The van der Waals surface area contributed by atoms with Gasteiger partial charge in [0.2, 0.25) is 0 Å². The third-order valence-electron chi connectivity index (χ3n) is 5.06. The highest BCUT2D eigenvalue weighted by Gasteiger charge is 2.35. The van der Waals surface area contributed by atoms with Crippen LogP contribution in [0.1, 0.15) is 51.6 Å². The number of nitrogens with two attached hydrogens (primary N) is 1. The van der Waals surface area contributed by atoms with E-state index in [9.17, 15) is 12.8 Å². The van der Waals surface area contributed by atoms with Crippen molar-refractivity contribution in [3.05, 3.63) is 52.6 Å². The van der Waals surface area contributed by atoms with E-state index in [2.05, 4.69) is 41.2 Å². The van der Waals surface area contributed by atoms with Gasteiger partial charge in [-0.15, -0.1) is 0 Å². The lowest BCUT2D eigenvalue weighted by molar-refractivity contribution is 0.565. The normalized spacial score (nSPS) is 20.2. The molecule has 0 bridgehead atoms. The highest BCUT2D eigenvalue weighted by Crippen LogP contribution is 2.30. The van der Waals surface area contributed by atoms with Crippen LogP contribution in [0.3, 0.4) is 0 Å². The van der Waals surface area contributed by atoms with Crippen molar-refractivity contribution in [3.63, 3.8) is 0 Å². The third-order valence-corrected chi connectivity index (χ3v) is 7.59. The smallest absolute Gasteiger partial charge is 0.162 e. The van der Waals surface area contributed by atoms with E-state index in [1.807, 2.05) is 26.0 Å². The predicted octanol–water partition coefficient (Wildman–Crippen LogP) is 5.08. The fourth-order valence-corrected chi connectivity index (χ4v) is 4.81. The third kappa shape index (κ3) is 6.26. The first-order valence-electron chi connectivity index (χ1n) is 11.1. The first kappa shape index (κ1) is 26.0. The molecule has 0 amide bonds. The van der Waals surface area contributed by atoms with Gasteiger partial charge in [0, 0.05) is 27.8 Å². The number of hydrogen-bond acceptors (Lipinski definition) is 8. The molecule has 0 spiro atoms. The molecule has 1 aliphatic carbocycles. The van der Waals surface area contributed by atoms with E-state index in [0.717, 1.165) is 16.1 Å². The van der Waals surface area contributed by atoms with Gasteiger partial charge in [-0.25, -0.2) is 22.8 Å². The molecule has 2 unspecified atom stereocenters. The highest BCUT2D eigenvalue weighted by molar-refractivity contribution is 9.10. The molecule has 2 atom stereocenters. The van der Waals surface area contributed by atoms with E-state index in [1.54, 1.807) is 12.4 Å². The van der Waals surface area contributed by atoms with Gasteiger partial charge in [0.05, 0.1) is 18.0 Å². The number of aliphatic imine (C=N–C) groups is 1. The van der Waals surface area contributed by atoms with Gasteiger partial charge in [0.1, 0.15) is 28.2 Å². The molecule has 2 aliphatic rings. The fraction of sp³-hybridized carbons (Fsp3) is 0.391. The molecule has 4 heterocycles. The second-order valence-electron chi connectivity index (χ2n) is 7.70. The lowest BCUT2D eigenvalue weighted by atomic mass is 10.1. The van der Waals surface area contributed by atoms with Crippen LogP contribution in [0.15, 0.2) is 46.3 Å². The van der Waals surface area contributed by atoms with E-state index in [4.69, 9.17) is 5.73 Å². The molecule has 1 saturated carbocycles. The number of sulfone groups is 1. The molecule has 1 fully saturated rings. The molecular weight excluding hydrogens is 523 g/mol. The average Bonchev–Trinajstić information content (AvgIpc) is 3.69. The van der Waals surface area contributed by atoms with E-state index < -0.39 is 26.9 Å². The van der Waals surface area contributed by atoms with E-state index in [1.165, 1.54) is 32.3 Å². The van der Waals surface area contributed by atoms with Gasteiger partial charge in [-0.3, -0.25) is 9.98 Å². The quantitative estimate of drug-likeness (QED) is 0.465. The summed E-state index contributed by atoms with van der Waals surface area (Å²) < 4.78 is 39.9. The number of rotatable bonds is 3. The van der Waals surface area contributed by atoms with Gasteiger partial charge in [-0.05, 0) is 41.1 Å². The number of fused-ring (bicyclic) bond motifs is 1. The number of aromatic nitrogens is 3. The number of amidine groups is 1. The molecular formula is C23H28BrFN6O2S. The topological polar surface area (TPSA) is 123 Å². The molecule has 5 rings (SSSR count). The van der Waals surface area contributed by atoms with Crippen LogP contribution in [0.4, 0.5) is 16.0 Å². The van der Waals surface area contributed by atoms with Crippen molar-refractivity contribution in [2.45, 2.75) is 51.3 Å². The number of pyridine rings is 3. The highest BCUT2D eigenvalue weighted by atomic mass is 79.9. The summed E-state index contributed by atoms with van der Waals surface area (Å²) in [7, 11) is -3.52. The molecule has 8 nitrogen and oxygen atoms in total. The Morgan fingerprint density at radius 2 is 1.82 bits per heavy atom. The van der Waals surface area contributed by atoms with E-state index in [-0.39, 0.29) is 23.0 Å². The predicted molar refractivity (Wildman–Crippen MR) is 138 cm³/mol. The summed E-state index contributed by atoms with van der Waals surface area (Å²) in [4.78, 5) is 16.8. The molecule has 11 heteroatoms. The zero-order chi connectivity index (χ0) is 24.9. The maximum absolute atomic E-state index is 14.4. The molecule has 3 aromatic heterocycles. The van der Waals surface area contributed by atoms with Gasteiger partial charge in [0.25, 0.3) is 0 Å². The van der Waals surface area contributed by atoms with Crippen LogP contribution in [0.5, 0.6) is 0 Å². The van der Waals surface area contributed by atoms with Crippen LogP contribution < -0.4 is 11.1 Å². The van der Waals surface area contributed by atoms with E-state index in [0.29, 0.717) is 11.3 Å². The number of nitrogens with one attached hydrogen (secondary N) is 1. The summed E-state index contributed by atoms with van der Waals surface area (Å²) in [5, 5.41) is 2.99. The van der Waals surface area contributed by atoms with Crippen LogP contribution in [-0.2, 0) is 9.84 Å². The first-order valence-corrected chi connectivity index (χ1v) is 13.6. The second kappa shape index (κ2) is 11.2. The molecule has 1 aliphatic heterocycles. The summed E-state index contributed by atoms with van der Waals surface area (Å²) in [6.07, 6.45) is 8.77. The Bertz CT molecular complexity index is 1300. The van der Waals surface area contributed by atoms with Crippen molar-refractivity contribution in [3.8, 4) is 0 Å². The Labute approximate surface area is 207 Å². The summed E-state index contributed by atoms with van der Waals surface area (Å²) >= 11 is 3.37. The van der Waals surface area contributed by atoms with Gasteiger partial charge in [-0.1, -0.05) is 33.1 Å². The maximum atomic E-state index is 14.4. The Hall–Kier alpha value is -2.66. The number of hydrogen-bond donors (Lipinski definition) is 2. The molecule has 3 N–H and O–H groups in total. The zero-order valence-corrected chi connectivity index (χ0v) is 21.7. The molecule has 0 radical (unpaired) electrons. The monoisotopic (exact) mass is 550 g/mol. The van der Waals surface area contributed by atoms with Crippen LogP contribution in [-0.4, -0.2) is 40.2 Å². The summed E-state index contributed by atoms with van der Waals surface area (Å²) in [6.45, 7) is 5.47. The maximum Gasteiger partial charge on any atom is 0.162 e. The Balaban J connectivity index is 0.000000588. The van der Waals surface area contributed by atoms with Crippen LogP contribution in [0, 0.1) is 5.82 Å². The Kier molecular flexibility index (Phi) is 8.53. The zero-order valence-electron chi connectivity index (χ0n) is 19.3. The van der Waals surface area contributed by atoms with Gasteiger partial charge in [-0.2, -0.15) is 0 Å². The lowest BCUT2D eigenvalue weighted by Crippen LogP contribution is -2.40. The van der Waals surface area contributed by atoms with E-state index >= 15 is 0 Å². The summed E-state index contributed by atoms with van der Waals surface area (Å²) in [5.74, 6) is -0.284. The number of nitrogens with zero attached hydrogens (tertiary/aromatic N) is 4. The largest absolute Gasteiger partial charge is 0.386 e. The first-order chi connectivity index (χ1) is 16.2.